The van der Waals surface area contributed by atoms with E-state index in [-0.39, 0.29) is 18.0 Å². The van der Waals surface area contributed by atoms with Crippen molar-refractivity contribution < 1.29 is 9.53 Å². The summed E-state index contributed by atoms with van der Waals surface area (Å²) in [7, 11) is 1.40. The number of nitrogens with two attached hydrogens (primary N) is 1. The maximum absolute atomic E-state index is 11.5. The van der Waals surface area contributed by atoms with Crippen LogP contribution >= 0.6 is 11.5 Å². The van der Waals surface area contributed by atoms with Gasteiger partial charge in [-0.3, -0.25) is 0 Å². The van der Waals surface area contributed by atoms with Crippen LogP contribution in [0.3, 0.4) is 0 Å². The largest absolute Gasteiger partial charge is 0.467 e. The van der Waals surface area contributed by atoms with Crippen molar-refractivity contribution >= 4 is 28.6 Å². The number of methoxy groups -OCH3 is 1. The van der Waals surface area contributed by atoms with E-state index in [2.05, 4.69) is 9.36 Å². The number of hydrogen-bond acceptors (Lipinski definition) is 7. The van der Waals surface area contributed by atoms with Gasteiger partial charge in [0.1, 0.15) is 6.04 Å². The number of carbonyl (C=O) groups excluding carboxylic acids is 1. The van der Waals surface area contributed by atoms with Crippen LogP contribution in [0.4, 0.5) is 11.1 Å². The summed E-state index contributed by atoms with van der Waals surface area (Å²) in [5.41, 5.74) is 5.45. The summed E-state index contributed by atoms with van der Waals surface area (Å²) >= 11 is 1.21. The molecule has 0 spiro atoms. The molecule has 2 rings (SSSR count). The van der Waals surface area contributed by atoms with Crippen molar-refractivity contribution in [2.45, 2.75) is 18.9 Å². The third-order valence-electron chi connectivity index (χ3n) is 2.40. The summed E-state index contributed by atoms with van der Waals surface area (Å²) in [5.74, 6) is 0.0341. The zero-order valence-electron chi connectivity index (χ0n) is 8.34. The van der Waals surface area contributed by atoms with Crippen molar-refractivity contribution in [1.29, 1.82) is 0 Å². The minimum absolute atomic E-state index is 0.221. The van der Waals surface area contributed by atoms with Crippen LogP contribution < -0.4 is 10.6 Å². The number of aromatic nitrogens is 2. The van der Waals surface area contributed by atoms with Crippen LogP contribution in [0, 0.1) is 0 Å². The van der Waals surface area contributed by atoms with Crippen LogP contribution in [0.5, 0.6) is 0 Å². The van der Waals surface area contributed by atoms with Crippen LogP contribution in [0.1, 0.15) is 12.8 Å². The molecule has 1 aliphatic heterocycles. The van der Waals surface area contributed by atoms with E-state index in [0.717, 1.165) is 19.4 Å². The normalized spacial score (nSPS) is 20.6. The molecule has 82 valence electrons. The molecule has 1 atom stereocenters. The van der Waals surface area contributed by atoms with Gasteiger partial charge in [-0.2, -0.15) is 9.36 Å². The molecule has 1 aromatic rings. The molecule has 2 N–H and O–H groups in total. The Labute approximate surface area is 91.2 Å². The highest BCUT2D eigenvalue weighted by atomic mass is 32.1. The third-order valence-corrected chi connectivity index (χ3v) is 3.17. The molecule has 0 saturated carbocycles. The fraction of sp³-hybridized carbons (Fsp3) is 0.625. The van der Waals surface area contributed by atoms with Crippen LogP contribution in [0.25, 0.3) is 0 Å². The molecule has 2 heterocycles. The van der Waals surface area contributed by atoms with Gasteiger partial charge in [0.05, 0.1) is 7.11 Å². The molecule has 15 heavy (non-hydrogen) atoms. The number of rotatable bonds is 2. The highest BCUT2D eigenvalue weighted by Gasteiger charge is 2.33. The lowest BCUT2D eigenvalue weighted by molar-refractivity contribution is -0.141. The second-order valence-electron chi connectivity index (χ2n) is 3.31. The second kappa shape index (κ2) is 4.01. The smallest absolute Gasteiger partial charge is 0.328 e. The Balaban J connectivity index is 2.18. The Kier molecular flexibility index (Phi) is 2.72. The van der Waals surface area contributed by atoms with E-state index in [4.69, 9.17) is 10.5 Å². The summed E-state index contributed by atoms with van der Waals surface area (Å²) in [5, 5.41) is 0.695. The van der Waals surface area contributed by atoms with Gasteiger partial charge in [0.2, 0.25) is 11.1 Å². The fourth-order valence-electron chi connectivity index (χ4n) is 1.72. The van der Waals surface area contributed by atoms with Crippen molar-refractivity contribution in [3.8, 4) is 0 Å². The number of ether oxygens (including phenoxy) is 1. The van der Waals surface area contributed by atoms with E-state index in [0.29, 0.717) is 5.13 Å². The molecule has 6 nitrogen and oxygen atoms in total. The monoisotopic (exact) mass is 228 g/mol. The number of esters is 1. The minimum Gasteiger partial charge on any atom is -0.467 e. The SMILES string of the molecule is COC(=O)C1CCCN1c1nc(N)ns1. The summed E-state index contributed by atoms with van der Waals surface area (Å²) in [6.07, 6.45) is 1.76. The topological polar surface area (TPSA) is 81.3 Å². The van der Waals surface area contributed by atoms with Crippen LogP contribution in [0.2, 0.25) is 0 Å². The predicted octanol–water partition coefficient (Wildman–Crippen LogP) is 0.262. The zero-order chi connectivity index (χ0) is 10.8. The molecule has 1 fully saturated rings. The van der Waals surface area contributed by atoms with Crippen LogP contribution in [0.15, 0.2) is 0 Å². The summed E-state index contributed by atoms with van der Waals surface area (Å²) < 4.78 is 8.63. The van der Waals surface area contributed by atoms with Gasteiger partial charge in [-0.25, -0.2) is 4.79 Å². The van der Waals surface area contributed by atoms with E-state index in [9.17, 15) is 4.79 Å². The number of nitrogen functional groups attached to an aromatic ring is 1. The Bertz CT molecular complexity index is 367. The zero-order valence-corrected chi connectivity index (χ0v) is 9.16. The van der Waals surface area contributed by atoms with Gasteiger partial charge in [0, 0.05) is 18.1 Å². The first kappa shape index (κ1) is 10.2. The first-order valence-corrected chi connectivity index (χ1v) is 5.43. The summed E-state index contributed by atoms with van der Waals surface area (Å²) in [4.78, 5) is 17.4. The molecule has 0 aliphatic carbocycles. The predicted molar refractivity (Wildman–Crippen MR) is 56.7 cm³/mol. The highest BCUT2D eigenvalue weighted by molar-refractivity contribution is 7.09. The maximum Gasteiger partial charge on any atom is 0.328 e. The quantitative estimate of drug-likeness (QED) is 0.731. The van der Waals surface area contributed by atoms with Gasteiger partial charge in [0.25, 0.3) is 0 Å². The maximum atomic E-state index is 11.5. The Hall–Kier alpha value is -1.37. The highest BCUT2D eigenvalue weighted by Crippen LogP contribution is 2.27. The lowest BCUT2D eigenvalue weighted by Gasteiger charge is -2.20. The van der Waals surface area contributed by atoms with Gasteiger partial charge in [-0.05, 0) is 12.8 Å². The summed E-state index contributed by atoms with van der Waals surface area (Å²) in [6, 6.07) is -0.234. The third kappa shape index (κ3) is 1.87. The second-order valence-corrected chi connectivity index (χ2v) is 4.04. The average molecular weight is 228 g/mol. The van der Waals surface area contributed by atoms with Gasteiger partial charge >= 0.3 is 5.97 Å². The van der Waals surface area contributed by atoms with E-state index < -0.39 is 0 Å². The van der Waals surface area contributed by atoms with E-state index in [1.807, 2.05) is 4.90 Å². The first-order chi connectivity index (χ1) is 7.22. The standard InChI is InChI=1S/C8H12N4O2S/c1-14-6(13)5-3-2-4-12(5)8-10-7(9)11-15-8/h5H,2-4H2,1H3,(H2,9,11). The lowest BCUT2D eigenvalue weighted by Crippen LogP contribution is -2.36. The average Bonchev–Trinajstić information content (AvgIpc) is 2.84. The van der Waals surface area contributed by atoms with Crippen molar-refractivity contribution in [2.24, 2.45) is 0 Å². The van der Waals surface area contributed by atoms with Crippen molar-refractivity contribution in [3.05, 3.63) is 0 Å². The molecule has 1 saturated heterocycles. The Morgan fingerprint density at radius 1 is 1.73 bits per heavy atom. The molecular formula is C8H12N4O2S. The number of anilines is 2. The molecule has 1 aromatic heterocycles. The molecule has 0 radical (unpaired) electrons. The van der Waals surface area contributed by atoms with E-state index in [1.54, 1.807) is 0 Å². The molecule has 0 aromatic carbocycles. The minimum atomic E-state index is -0.234. The molecule has 0 bridgehead atoms. The molecule has 7 heteroatoms. The van der Waals surface area contributed by atoms with E-state index >= 15 is 0 Å². The number of nitrogens with zero attached hydrogens (tertiary/aromatic N) is 3. The lowest BCUT2D eigenvalue weighted by atomic mass is 10.2. The van der Waals surface area contributed by atoms with Gasteiger partial charge in [-0.15, -0.1) is 0 Å². The van der Waals surface area contributed by atoms with Crippen molar-refractivity contribution in [3.63, 3.8) is 0 Å². The first-order valence-electron chi connectivity index (χ1n) is 4.66. The van der Waals surface area contributed by atoms with E-state index in [1.165, 1.54) is 18.6 Å². The van der Waals surface area contributed by atoms with Gasteiger partial charge in [-0.1, -0.05) is 0 Å². The molecular weight excluding hydrogens is 216 g/mol. The fourth-order valence-corrected chi connectivity index (χ4v) is 2.39. The summed E-state index contributed by atoms with van der Waals surface area (Å²) in [6.45, 7) is 0.800. The Morgan fingerprint density at radius 3 is 3.13 bits per heavy atom. The van der Waals surface area contributed by atoms with Crippen LogP contribution in [-0.2, 0) is 9.53 Å². The van der Waals surface area contributed by atoms with Crippen molar-refractivity contribution in [2.75, 3.05) is 24.3 Å². The molecule has 1 unspecified atom stereocenters. The number of carbonyl (C=O) groups is 1. The van der Waals surface area contributed by atoms with Gasteiger partial charge in [0.15, 0.2) is 0 Å². The molecule has 1 aliphatic rings. The number of hydrogen-bond donors (Lipinski definition) is 1. The van der Waals surface area contributed by atoms with Crippen LogP contribution in [-0.4, -0.2) is 35.0 Å². The molecule has 0 amide bonds. The van der Waals surface area contributed by atoms with Crippen molar-refractivity contribution in [1.82, 2.24) is 9.36 Å². The Morgan fingerprint density at radius 2 is 2.53 bits per heavy atom. The van der Waals surface area contributed by atoms with Gasteiger partial charge < -0.3 is 15.4 Å².